The number of ether oxygens (including phenoxy) is 1. The summed E-state index contributed by atoms with van der Waals surface area (Å²) in [6, 6.07) is 17.5. The maximum Gasteiger partial charge on any atom is 0.263 e. The van der Waals surface area contributed by atoms with Gasteiger partial charge in [0, 0.05) is 18.0 Å². The average molecular weight is 406 g/mol. The van der Waals surface area contributed by atoms with Gasteiger partial charge in [0.15, 0.2) is 0 Å². The monoisotopic (exact) mass is 406 g/mol. The second kappa shape index (κ2) is 7.84. The van der Waals surface area contributed by atoms with Crippen molar-refractivity contribution >= 4 is 26.9 Å². The molecule has 0 spiro atoms. The molecule has 8 heteroatoms. The first-order valence-electron chi connectivity index (χ1n) is 8.89. The number of aromatic nitrogens is 3. The van der Waals surface area contributed by atoms with E-state index in [1.54, 1.807) is 42.7 Å². The van der Waals surface area contributed by atoms with Crippen molar-refractivity contribution in [2.45, 2.75) is 18.4 Å². The van der Waals surface area contributed by atoms with Crippen LogP contribution in [0.3, 0.4) is 0 Å². The Kier molecular flexibility index (Phi) is 5.09. The van der Waals surface area contributed by atoms with Crippen molar-refractivity contribution in [3.8, 4) is 5.88 Å². The van der Waals surface area contributed by atoms with Gasteiger partial charge in [-0.3, -0.25) is 9.71 Å². The smallest absolute Gasteiger partial charge is 0.263 e. The van der Waals surface area contributed by atoms with E-state index in [9.17, 15) is 8.42 Å². The van der Waals surface area contributed by atoms with Gasteiger partial charge >= 0.3 is 0 Å². The molecule has 0 unspecified atom stereocenters. The summed E-state index contributed by atoms with van der Waals surface area (Å²) in [6.45, 7) is 2.01. The predicted molar refractivity (Wildman–Crippen MR) is 110 cm³/mol. The highest BCUT2D eigenvalue weighted by atomic mass is 32.2. The van der Waals surface area contributed by atoms with Crippen LogP contribution in [-0.4, -0.2) is 23.4 Å². The summed E-state index contributed by atoms with van der Waals surface area (Å²) in [4.78, 5) is 13.1. The Morgan fingerprint density at radius 3 is 2.48 bits per heavy atom. The molecule has 0 atom stereocenters. The van der Waals surface area contributed by atoms with Gasteiger partial charge in [0.2, 0.25) is 5.82 Å². The quantitative estimate of drug-likeness (QED) is 0.525. The first-order chi connectivity index (χ1) is 14.0. The molecule has 2 aromatic heterocycles. The number of sulfonamides is 1. The molecule has 29 heavy (non-hydrogen) atoms. The van der Waals surface area contributed by atoms with Crippen LogP contribution in [0.1, 0.15) is 11.1 Å². The Bertz CT molecular complexity index is 1260. The fourth-order valence-corrected chi connectivity index (χ4v) is 3.86. The number of pyridine rings is 1. The Morgan fingerprint density at radius 2 is 1.76 bits per heavy atom. The first-order valence-corrected chi connectivity index (χ1v) is 10.4. The van der Waals surface area contributed by atoms with Gasteiger partial charge < -0.3 is 4.74 Å². The molecule has 2 heterocycles. The Balaban J connectivity index is 1.71. The van der Waals surface area contributed by atoms with Crippen molar-refractivity contribution in [1.29, 1.82) is 0 Å². The molecule has 0 bridgehead atoms. The summed E-state index contributed by atoms with van der Waals surface area (Å²) >= 11 is 0. The summed E-state index contributed by atoms with van der Waals surface area (Å²) in [5.41, 5.74) is 2.83. The lowest BCUT2D eigenvalue weighted by atomic mass is 10.2. The highest BCUT2D eigenvalue weighted by Gasteiger charge is 2.20. The summed E-state index contributed by atoms with van der Waals surface area (Å²) in [5.74, 6) is 0.137. The van der Waals surface area contributed by atoms with Crippen LogP contribution in [0.2, 0.25) is 0 Å². The molecule has 0 saturated carbocycles. The SMILES string of the molecule is Cc1cccc(S(=O)(=O)Nc2nc3ccccc3nc2OCc2cccnc2)c1. The van der Waals surface area contributed by atoms with Crippen LogP contribution in [0.5, 0.6) is 5.88 Å². The number of nitrogens with one attached hydrogen (secondary N) is 1. The lowest BCUT2D eigenvalue weighted by Crippen LogP contribution is -2.16. The first kappa shape index (κ1) is 18.8. The Morgan fingerprint density at radius 1 is 0.966 bits per heavy atom. The molecule has 0 aliphatic heterocycles. The van der Waals surface area contributed by atoms with Crippen LogP contribution in [0.4, 0.5) is 5.82 Å². The topological polar surface area (TPSA) is 94.1 Å². The van der Waals surface area contributed by atoms with Crippen LogP contribution in [0.15, 0.2) is 78.0 Å². The number of benzene rings is 2. The normalized spacial score (nSPS) is 11.3. The molecule has 0 fully saturated rings. The number of rotatable bonds is 6. The van der Waals surface area contributed by atoms with E-state index < -0.39 is 10.0 Å². The van der Waals surface area contributed by atoms with Crippen molar-refractivity contribution in [3.05, 3.63) is 84.2 Å². The van der Waals surface area contributed by atoms with E-state index in [0.29, 0.717) is 11.0 Å². The molecule has 0 aliphatic carbocycles. The van der Waals surface area contributed by atoms with Gasteiger partial charge in [0.1, 0.15) is 6.61 Å². The van der Waals surface area contributed by atoms with Crippen LogP contribution in [-0.2, 0) is 16.6 Å². The van der Waals surface area contributed by atoms with Gasteiger partial charge in [0.05, 0.1) is 15.9 Å². The summed E-state index contributed by atoms with van der Waals surface area (Å²) in [6.07, 6.45) is 3.34. The number of anilines is 1. The van der Waals surface area contributed by atoms with E-state index in [1.807, 2.05) is 31.2 Å². The Labute approximate surface area is 168 Å². The van der Waals surface area contributed by atoms with Crippen molar-refractivity contribution < 1.29 is 13.2 Å². The standard InChI is InChI=1S/C21H18N4O3S/c1-15-6-4-8-17(12-15)29(26,27)25-20-21(28-14-16-7-5-11-22-13-16)24-19-10-3-2-9-18(19)23-20/h2-13H,14H2,1H3,(H,23,25). The molecule has 0 saturated heterocycles. The third kappa shape index (κ3) is 4.33. The predicted octanol–water partition coefficient (Wildman–Crippen LogP) is 3.71. The van der Waals surface area contributed by atoms with Gasteiger partial charge in [-0.2, -0.15) is 0 Å². The number of para-hydroxylation sites is 2. The number of hydrogen-bond acceptors (Lipinski definition) is 6. The largest absolute Gasteiger partial charge is 0.470 e. The molecule has 7 nitrogen and oxygen atoms in total. The van der Waals surface area contributed by atoms with E-state index in [2.05, 4.69) is 19.7 Å². The van der Waals surface area contributed by atoms with Gasteiger partial charge in [-0.15, -0.1) is 0 Å². The number of fused-ring (bicyclic) bond motifs is 1. The second-order valence-corrected chi connectivity index (χ2v) is 8.12. The molecular weight excluding hydrogens is 388 g/mol. The number of hydrogen-bond donors (Lipinski definition) is 1. The van der Waals surface area contributed by atoms with Crippen LogP contribution in [0.25, 0.3) is 11.0 Å². The highest BCUT2D eigenvalue weighted by Crippen LogP contribution is 2.27. The second-order valence-electron chi connectivity index (χ2n) is 6.44. The van der Waals surface area contributed by atoms with Crippen LogP contribution >= 0.6 is 0 Å². The molecule has 4 aromatic rings. The molecule has 1 N–H and O–H groups in total. The molecule has 4 rings (SSSR count). The van der Waals surface area contributed by atoms with Crippen molar-refractivity contribution in [2.24, 2.45) is 0 Å². The summed E-state index contributed by atoms with van der Waals surface area (Å²) in [7, 11) is -3.85. The zero-order valence-electron chi connectivity index (χ0n) is 15.6. The zero-order valence-corrected chi connectivity index (χ0v) is 16.4. The summed E-state index contributed by atoms with van der Waals surface area (Å²) < 4.78 is 34.1. The van der Waals surface area contributed by atoms with Crippen molar-refractivity contribution in [3.63, 3.8) is 0 Å². The molecule has 0 radical (unpaired) electrons. The lowest BCUT2D eigenvalue weighted by molar-refractivity contribution is 0.295. The van der Waals surface area contributed by atoms with E-state index >= 15 is 0 Å². The minimum absolute atomic E-state index is 0.0362. The maximum atomic E-state index is 12.9. The fourth-order valence-electron chi connectivity index (χ4n) is 2.75. The van der Waals surface area contributed by atoms with E-state index in [-0.39, 0.29) is 23.2 Å². The van der Waals surface area contributed by atoms with Crippen molar-refractivity contribution in [1.82, 2.24) is 15.0 Å². The van der Waals surface area contributed by atoms with Crippen LogP contribution < -0.4 is 9.46 Å². The maximum absolute atomic E-state index is 12.9. The number of aryl methyl sites for hydroxylation is 1. The van der Waals surface area contributed by atoms with Gasteiger partial charge in [-0.25, -0.2) is 18.4 Å². The molecule has 146 valence electrons. The van der Waals surface area contributed by atoms with E-state index in [4.69, 9.17) is 4.74 Å². The van der Waals surface area contributed by atoms with E-state index in [0.717, 1.165) is 11.1 Å². The zero-order chi connectivity index (χ0) is 20.3. The van der Waals surface area contributed by atoms with Crippen LogP contribution in [0, 0.1) is 6.92 Å². The fraction of sp³-hybridized carbons (Fsp3) is 0.0952. The Hall–Kier alpha value is -3.52. The molecule has 0 amide bonds. The molecular formula is C21H18N4O3S. The lowest BCUT2D eigenvalue weighted by Gasteiger charge is -2.13. The summed E-state index contributed by atoms with van der Waals surface area (Å²) in [5, 5.41) is 0. The third-order valence-electron chi connectivity index (χ3n) is 4.17. The average Bonchev–Trinajstić information content (AvgIpc) is 2.73. The number of nitrogens with zero attached hydrogens (tertiary/aromatic N) is 3. The molecule has 0 aliphatic rings. The van der Waals surface area contributed by atoms with E-state index in [1.165, 1.54) is 6.07 Å². The molecule has 2 aromatic carbocycles. The third-order valence-corrected chi connectivity index (χ3v) is 5.50. The minimum Gasteiger partial charge on any atom is -0.470 e. The van der Waals surface area contributed by atoms with Gasteiger partial charge in [-0.1, -0.05) is 30.3 Å². The highest BCUT2D eigenvalue weighted by molar-refractivity contribution is 7.92. The van der Waals surface area contributed by atoms with Gasteiger partial charge in [0.25, 0.3) is 15.9 Å². The van der Waals surface area contributed by atoms with Gasteiger partial charge in [-0.05, 0) is 42.8 Å². The van der Waals surface area contributed by atoms with Crippen molar-refractivity contribution in [2.75, 3.05) is 4.72 Å². The minimum atomic E-state index is -3.85.